The minimum absolute atomic E-state index is 0.114. The molecule has 4 unspecified atom stereocenters. The Bertz CT molecular complexity index is 191. The second kappa shape index (κ2) is 7.61. The van der Waals surface area contributed by atoms with Crippen LogP contribution in [0.5, 0.6) is 0 Å². The molecule has 1 saturated carbocycles. The minimum Gasteiger partial charge on any atom is -0.382 e. The molecule has 1 aliphatic carbocycles. The van der Waals surface area contributed by atoms with Crippen LogP contribution in [0.15, 0.2) is 0 Å². The maximum Gasteiger partial charge on any atom is 0.0963 e. The van der Waals surface area contributed by atoms with Crippen molar-refractivity contribution in [3.8, 4) is 0 Å². The largest absolute Gasteiger partial charge is 0.382 e. The number of rotatable bonds is 8. The Balaban J connectivity index is 2.21. The molecule has 0 aliphatic heterocycles. The Hall–Kier alpha value is 0.320. The van der Waals surface area contributed by atoms with Crippen LogP contribution in [0.2, 0.25) is 0 Å². The van der Waals surface area contributed by atoms with Crippen LogP contribution in [-0.2, 0) is 18.9 Å². The van der Waals surface area contributed by atoms with Gasteiger partial charge in [-0.2, -0.15) is 0 Å². The number of hydrogen-bond acceptors (Lipinski definition) is 4. The average molecular weight is 297 g/mol. The zero-order chi connectivity index (χ0) is 12.0. The van der Waals surface area contributed by atoms with Crippen molar-refractivity contribution in [1.29, 1.82) is 0 Å². The molecule has 0 bridgehead atoms. The molecule has 4 atom stereocenters. The van der Waals surface area contributed by atoms with Crippen LogP contribution in [0.25, 0.3) is 0 Å². The lowest BCUT2D eigenvalue weighted by Gasteiger charge is -2.42. The van der Waals surface area contributed by atoms with E-state index in [4.69, 9.17) is 18.9 Å². The molecular weight excluding hydrogens is 276 g/mol. The SMILES string of the molecule is COCCOC1C(Br)CC1OC(C)COC. The van der Waals surface area contributed by atoms with E-state index >= 15 is 0 Å². The first-order chi connectivity index (χ1) is 7.69. The predicted molar refractivity (Wildman–Crippen MR) is 65.2 cm³/mol. The summed E-state index contributed by atoms with van der Waals surface area (Å²) in [5, 5.41) is 0. The molecule has 1 aliphatic rings. The maximum absolute atomic E-state index is 5.82. The van der Waals surface area contributed by atoms with Gasteiger partial charge in [-0.25, -0.2) is 0 Å². The normalized spacial score (nSPS) is 31.1. The van der Waals surface area contributed by atoms with Gasteiger partial charge in [0.15, 0.2) is 0 Å². The zero-order valence-corrected chi connectivity index (χ0v) is 11.7. The molecule has 96 valence electrons. The second-order valence-corrected chi connectivity index (χ2v) is 5.20. The van der Waals surface area contributed by atoms with E-state index in [1.165, 1.54) is 0 Å². The third kappa shape index (κ3) is 4.30. The fourth-order valence-electron chi connectivity index (χ4n) is 1.71. The summed E-state index contributed by atoms with van der Waals surface area (Å²) < 4.78 is 21.5. The van der Waals surface area contributed by atoms with Gasteiger partial charge in [-0.3, -0.25) is 0 Å². The van der Waals surface area contributed by atoms with Crippen LogP contribution in [-0.4, -0.2) is 57.2 Å². The summed E-state index contributed by atoms with van der Waals surface area (Å²) in [6.07, 6.45) is 1.41. The highest BCUT2D eigenvalue weighted by Gasteiger charge is 2.42. The monoisotopic (exact) mass is 296 g/mol. The Labute approximate surface area is 106 Å². The number of methoxy groups -OCH3 is 2. The van der Waals surface area contributed by atoms with E-state index in [1.54, 1.807) is 14.2 Å². The molecule has 0 aromatic rings. The number of hydrogen-bond donors (Lipinski definition) is 0. The molecule has 4 nitrogen and oxygen atoms in total. The zero-order valence-electron chi connectivity index (χ0n) is 10.1. The van der Waals surface area contributed by atoms with Crippen LogP contribution in [0.1, 0.15) is 13.3 Å². The van der Waals surface area contributed by atoms with Crippen LogP contribution < -0.4 is 0 Å². The van der Waals surface area contributed by atoms with Gasteiger partial charge in [0.25, 0.3) is 0 Å². The summed E-state index contributed by atoms with van der Waals surface area (Å²) >= 11 is 3.57. The van der Waals surface area contributed by atoms with Gasteiger partial charge >= 0.3 is 0 Å². The lowest BCUT2D eigenvalue weighted by molar-refractivity contribution is -0.154. The number of alkyl halides is 1. The third-order valence-corrected chi connectivity index (χ3v) is 3.48. The first-order valence-corrected chi connectivity index (χ1v) is 6.49. The Morgan fingerprint density at radius 3 is 2.56 bits per heavy atom. The molecular formula is C11H21BrO4. The van der Waals surface area contributed by atoms with Crippen molar-refractivity contribution in [2.75, 3.05) is 34.0 Å². The van der Waals surface area contributed by atoms with E-state index < -0.39 is 0 Å². The smallest absolute Gasteiger partial charge is 0.0963 e. The quantitative estimate of drug-likeness (QED) is 0.504. The molecule has 16 heavy (non-hydrogen) atoms. The summed E-state index contributed by atoms with van der Waals surface area (Å²) in [6.45, 7) is 3.86. The van der Waals surface area contributed by atoms with Crippen molar-refractivity contribution >= 4 is 15.9 Å². The lowest BCUT2D eigenvalue weighted by atomic mass is 9.91. The van der Waals surface area contributed by atoms with E-state index in [9.17, 15) is 0 Å². The Kier molecular flexibility index (Phi) is 6.84. The van der Waals surface area contributed by atoms with Crippen molar-refractivity contribution in [3.63, 3.8) is 0 Å². The second-order valence-electron chi connectivity index (χ2n) is 4.02. The third-order valence-electron chi connectivity index (χ3n) is 2.59. The topological polar surface area (TPSA) is 36.9 Å². The molecule has 0 radical (unpaired) electrons. The highest BCUT2D eigenvalue weighted by Crippen LogP contribution is 2.33. The van der Waals surface area contributed by atoms with Gasteiger partial charge in [-0.05, 0) is 13.3 Å². The summed E-state index contributed by atoms with van der Waals surface area (Å²) in [4.78, 5) is 0.393. The van der Waals surface area contributed by atoms with Gasteiger partial charge in [0, 0.05) is 19.0 Å². The van der Waals surface area contributed by atoms with E-state index in [0.717, 1.165) is 6.42 Å². The Morgan fingerprint density at radius 1 is 1.25 bits per heavy atom. The highest BCUT2D eigenvalue weighted by molar-refractivity contribution is 9.09. The summed E-state index contributed by atoms with van der Waals surface area (Å²) in [7, 11) is 3.35. The molecule has 1 rings (SSSR count). The Morgan fingerprint density at radius 2 is 2.00 bits per heavy atom. The van der Waals surface area contributed by atoms with Crippen LogP contribution in [0.4, 0.5) is 0 Å². The standard InChI is InChI=1S/C11H21BrO4/c1-8(7-14-3)16-10-6-9(12)11(10)15-5-4-13-2/h8-11H,4-7H2,1-3H3. The molecule has 0 N–H and O–H groups in total. The maximum atomic E-state index is 5.82. The molecule has 0 aromatic heterocycles. The van der Waals surface area contributed by atoms with Crippen molar-refractivity contribution in [2.45, 2.75) is 36.5 Å². The molecule has 0 spiro atoms. The van der Waals surface area contributed by atoms with E-state index in [1.807, 2.05) is 6.92 Å². The van der Waals surface area contributed by atoms with Crippen LogP contribution in [0.3, 0.4) is 0 Å². The molecule has 1 fully saturated rings. The van der Waals surface area contributed by atoms with Gasteiger partial charge in [0.1, 0.15) is 0 Å². The van der Waals surface area contributed by atoms with Gasteiger partial charge in [-0.1, -0.05) is 15.9 Å². The van der Waals surface area contributed by atoms with Gasteiger partial charge < -0.3 is 18.9 Å². The lowest BCUT2D eigenvalue weighted by Crippen LogP contribution is -2.52. The van der Waals surface area contributed by atoms with Crippen LogP contribution in [0, 0.1) is 0 Å². The number of halogens is 1. The summed E-state index contributed by atoms with van der Waals surface area (Å²) in [6, 6.07) is 0. The van der Waals surface area contributed by atoms with Gasteiger partial charge in [0.05, 0.1) is 38.1 Å². The number of ether oxygens (including phenoxy) is 4. The molecule has 0 amide bonds. The van der Waals surface area contributed by atoms with Gasteiger partial charge in [0.2, 0.25) is 0 Å². The van der Waals surface area contributed by atoms with Crippen LogP contribution >= 0.6 is 15.9 Å². The van der Waals surface area contributed by atoms with Crippen molar-refractivity contribution in [2.24, 2.45) is 0 Å². The van der Waals surface area contributed by atoms with E-state index in [-0.39, 0.29) is 18.3 Å². The van der Waals surface area contributed by atoms with Crippen molar-refractivity contribution in [3.05, 3.63) is 0 Å². The van der Waals surface area contributed by atoms with Gasteiger partial charge in [-0.15, -0.1) is 0 Å². The minimum atomic E-state index is 0.114. The van der Waals surface area contributed by atoms with Crippen molar-refractivity contribution in [1.82, 2.24) is 0 Å². The predicted octanol–water partition coefficient (Wildman–Crippen LogP) is 1.61. The van der Waals surface area contributed by atoms with E-state index in [2.05, 4.69) is 15.9 Å². The average Bonchev–Trinajstić information content (AvgIpc) is 2.24. The van der Waals surface area contributed by atoms with E-state index in [0.29, 0.717) is 24.6 Å². The molecule has 0 saturated heterocycles. The first kappa shape index (κ1) is 14.4. The highest BCUT2D eigenvalue weighted by atomic mass is 79.9. The summed E-state index contributed by atoms with van der Waals surface area (Å²) in [5.74, 6) is 0. The first-order valence-electron chi connectivity index (χ1n) is 5.58. The molecule has 0 aromatic carbocycles. The van der Waals surface area contributed by atoms with Crippen molar-refractivity contribution < 1.29 is 18.9 Å². The molecule has 5 heteroatoms. The molecule has 0 heterocycles. The fourth-order valence-corrected chi connectivity index (χ4v) is 2.57. The summed E-state index contributed by atoms with van der Waals surface area (Å²) in [5.41, 5.74) is 0. The fraction of sp³-hybridized carbons (Fsp3) is 1.00.